The van der Waals surface area contributed by atoms with Crippen LogP contribution in [0.5, 0.6) is 0 Å². The number of benzene rings is 2. The largest absolute Gasteiger partial charge is 0.352 e. The number of anilines is 1. The predicted octanol–water partition coefficient (Wildman–Crippen LogP) is 3.28. The number of hydrogen-bond acceptors (Lipinski definition) is 3. The van der Waals surface area contributed by atoms with E-state index in [1.165, 1.54) is 12.1 Å². The van der Waals surface area contributed by atoms with Crippen molar-refractivity contribution in [2.45, 2.75) is 20.4 Å². The molecule has 144 valence electrons. The van der Waals surface area contributed by atoms with Gasteiger partial charge >= 0.3 is 0 Å². The fourth-order valence-corrected chi connectivity index (χ4v) is 2.62. The van der Waals surface area contributed by atoms with Gasteiger partial charge in [-0.25, -0.2) is 4.39 Å². The van der Waals surface area contributed by atoms with Gasteiger partial charge in [0, 0.05) is 13.1 Å². The molecule has 27 heavy (non-hydrogen) atoms. The fourth-order valence-electron chi connectivity index (χ4n) is 2.62. The molecule has 6 heteroatoms. The second-order valence-corrected chi connectivity index (χ2v) is 7.00. The third kappa shape index (κ3) is 6.83. The summed E-state index contributed by atoms with van der Waals surface area (Å²) in [6.07, 6.45) is 0. The van der Waals surface area contributed by atoms with Crippen LogP contribution in [0.2, 0.25) is 0 Å². The normalized spacial score (nSPS) is 10.9. The Morgan fingerprint density at radius 3 is 2.56 bits per heavy atom. The van der Waals surface area contributed by atoms with Crippen LogP contribution in [0.1, 0.15) is 29.8 Å². The zero-order valence-electron chi connectivity index (χ0n) is 16.0. The molecule has 0 aliphatic heterocycles. The molecule has 0 radical (unpaired) electrons. The van der Waals surface area contributed by atoms with Gasteiger partial charge in [0.1, 0.15) is 5.82 Å². The second kappa shape index (κ2) is 9.83. The molecule has 0 bridgehead atoms. The van der Waals surface area contributed by atoms with E-state index in [0.717, 1.165) is 5.56 Å². The number of nitrogens with zero attached hydrogens (tertiary/aromatic N) is 1. The van der Waals surface area contributed by atoms with Crippen molar-refractivity contribution in [3.05, 3.63) is 65.5 Å². The number of nitrogens with one attached hydrogen (secondary N) is 2. The molecular weight excluding hydrogens is 345 g/mol. The van der Waals surface area contributed by atoms with E-state index in [1.54, 1.807) is 42.3 Å². The number of hydrogen-bond donors (Lipinski definition) is 2. The summed E-state index contributed by atoms with van der Waals surface area (Å²) in [6, 6.07) is 13.2. The third-order valence-electron chi connectivity index (χ3n) is 3.87. The van der Waals surface area contributed by atoms with E-state index < -0.39 is 0 Å². The van der Waals surface area contributed by atoms with Gasteiger partial charge in [0.2, 0.25) is 5.91 Å². The van der Waals surface area contributed by atoms with E-state index >= 15 is 0 Å². The van der Waals surface area contributed by atoms with E-state index in [4.69, 9.17) is 0 Å². The summed E-state index contributed by atoms with van der Waals surface area (Å²) in [4.78, 5) is 26.5. The smallest absolute Gasteiger partial charge is 0.253 e. The quantitative estimate of drug-likeness (QED) is 0.749. The van der Waals surface area contributed by atoms with Crippen LogP contribution < -0.4 is 10.6 Å². The molecule has 2 rings (SSSR count). The first-order valence-corrected chi connectivity index (χ1v) is 8.95. The Kier molecular flexibility index (Phi) is 7.49. The molecular formula is C21H26FN3O2. The van der Waals surface area contributed by atoms with Gasteiger partial charge in [0.15, 0.2) is 0 Å². The van der Waals surface area contributed by atoms with Crippen molar-refractivity contribution in [2.75, 3.05) is 25.5 Å². The summed E-state index contributed by atoms with van der Waals surface area (Å²) >= 11 is 0. The minimum Gasteiger partial charge on any atom is -0.352 e. The number of halogens is 1. The van der Waals surface area contributed by atoms with E-state index in [2.05, 4.69) is 10.6 Å². The molecule has 2 aromatic rings. The van der Waals surface area contributed by atoms with Crippen LogP contribution in [-0.4, -0.2) is 36.9 Å². The Morgan fingerprint density at radius 1 is 1.11 bits per heavy atom. The molecule has 0 heterocycles. The minimum atomic E-state index is -0.299. The molecule has 0 aliphatic carbocycles. The van der Waals surface area contributed by atoms with Crippen LogP contribution in [0.15, 0.2) is 48.5 Å². The van der Waals surface area contributed by atoms with Crippen molar-refractivity contribution in [3.63, 3.8) is 0 Å². The second-order valence-electron chi connectivity index (χ2n) is 7.00. The molecule has 2 N–H and O–H groups in total. The predicted molar refractivity (Wildman–Crippen MR) is 105 cm³/mol. The van der Waals surface area contributed by atoms with Gasteiger partial charge in [-0.2, -0.15) is 0 Å². The first kappa shape index (κ1) is 20.6. The van der Waals surface area contributed by atoms with E-state index in [0.29, 0.717) is 30.3 Å². The maximum Gasteiger partial charge on any atom is 0.253 e. The standard InChI is InChI=1S/C21H26FN3O2/c1-15(2)12-23-21(27)18-9-4-5-10-19(18)24-20(26)14-25(3)13-16-7-6-8-17(22)11-16/h4-11,15H,12-14H2,1-3H3,(H,23,27)(H,24,26). The summed E-state index contributed by atoms with van der Waals surface area (Å²) in [7, 11) is 1.78. The Hall–Kier alpha value is -2.73. The molecule has 0 unspecified atom stereocenters. The highest BCUT2D eigenvalue weighted by atomic mass is 19.1. The van der Waals surface area contributed by atoms with E-state index in [1.807, 2.05) is 19.9 Å². The number of likely N-dealkylation sites (N-methyl/N-ethyl adjacent to an activating group) is 1. The summed E-state index contributed by atoms with van der Waals surface area (Å²) in [5, 5.41) is 5.65. The highest BCUT2D eigenvalue weighted by Gasteiger charge is 2.14. The Morgan fingerprint density at radius 2 is 1.85 bits per heavy atom. The third-order valence-corrected chi connectivity index (χ3v) is 3.87. The SMILES string of the molecule is CC(C)CNC(=O)c1ccccc1NC(=O)CN(C)Cc1cccc(F)c1. The first-order chi connectivity index (χ1) is 12.8. The number of amides is 2. The maximum atomic E-state index is 13.3. The number of rotatable bonds is 8. The molecule has 0 saturated heterocycles. The lowest BCUT2D eigenvalue weighted by atomic mass is 10.1. The summed E-state index contributed by atoms with van der Waals surface area (Å²) in [5.74, 6) is -0.412. The van der Waals surface area contributed by atoms with Gasteiger partial charge in [-0.3, -0.25) is 14.5 Å². The zero-order chi connectivity index (χ0) is 19.8. The lowest BCUT2D eigenvalue weighted by Crippen LogP contribution is -2.31. The molecule has 5 nitrogen and oxygen atoms in total. The molecule has 0 fully saturated rings. The Bertz CT molecular complexity index is 793. The van der Waals surface area contributed by atoms with Gasteiger partial charge in [-0.05, 0) is 42.8 Å². The average Bonchev–Trinajstić information content (AvgIpc) is 2.59. The maximum absolute atomic E-state index is 13.3. The highest BCUT2D eigenvalue weighted by Crippen LogP contribution is 2.15. The molecule has 2 aromatic carbocycles. The summed E-state index contributed by atoms with van der Waals surface area (Å²) in [6.45, 7) is 5.17. The van der Waals surface area contributed by atoms with E-state index in [-0.39, 0.29) is 24.2 Å². The van der Waals surface area contributed by atoms with Crippen molar-refractivity contribution in [3.8, 4) is 0 Å². The average molecular weight is 371 g/mol. The van der Waals surface area contributed by atoms with Gasteiger partial charge in [-0.15, -0.1) is 0 Å². The molecule has 0 aliphatic rings. The Labute approximate surface area is 159 Å². The van der Waals surface area contributed by atoms with Crippen LogP contribution in [0, 0.1) is 11.7 Å². The van der Waals surface area contributed by atoms with Gasteiger partial charge < -0.3 is 10.6 Å². The van der Waals surface area contributed by atoms with Crippen LogP contribution in [0.3, 0.4) is 0 Å². The van der Waals surface area contributed by atoms with Gasteiger partial charge in [0.05, 0.1) is 17.8 Å². The molecule has 2 amide bonds. The van der Waals surface area contributed by atoms with Crippen LogP contribution in [0.25, 0.3) is 0 Å². The summed E-state index contributed by atoms with van der Waals surface area (Å²) < 4.78 is 13.3. The molecule has 0 aromatic heterocycles. The van der Waals surface area contributed by atoms with Crippen molar-refractivity contribution in [2.24, 2.45) is 5.92 Å². The monoisotopic (exact) mass is 371 g/mol. The summed E-state index contributed by atoms with van der Waals surface area (Å²) in [5.41, 5.74) is 1.70. The lowest BCUT2D eigenvalue weighted by molar-refractivity contribution is -0.117. The first-order valence-electron chi connectivity index (χ1n) is 8.95. The van der Waals surface area contributed by atoms with Crippen LogP contribution in [0.4, 0.5) is 10.1 Å². The zero-order valence-corrected chi connectivity index (χ0v) is 16.0. The Balaban J connectivity index is 1.96. The highest BCUT2D eigenvalue weighted by molar-refractivity contribution is 6.04. The topological polar surface area (TPSA) is 61.4 Å². The van der Waals surface area contributed by atoms with Crippen LogP contribution >= 0.6 is 0 Å². The van der Waals surface area contributed by atoms with Crippen molar-refractivity contribution in [1.82, 2.24) is 10.2 Å². The van der Waals surface area contributed by atoms with Crippen molar-refractivity contribution >= 4 is 17.5 Å². The van der Waals surface area contributed by atoms with Crippen molar-refractivity contribution < 1.29 is 14.0 Å². The number of carbonyl (C=O) groups is 2. The van der Waals surface area contributed by atoms with Crippen LogP contribution in [-0.2, 0) is 11.3 Å². The number of carbonyl (C=O) groups excluding carboxylic acids is 2. The van der Waals surface area contributed by atoms with Gasteiger partial charge in [0.25, 0.3) is 5.91 Å². The minimum absolute atomic E-state index is 0.123. The fraction of sp³-hybridized carbons (Fsp3) is 0.333. The van der Waals surface area contributed by atoms with Crippen molar-refractivity contribution in [1.29, 1.82) is 0 Å². The lowest BCUT2D eigenvalue weighted by Gasteiger charge is -2.17. The van der Waals surface area contributed by atoms with Gasteiger partial charge in [-0.1, -0.05) is 38.1 Å². The molecule has 0 spiro atoms. The molecule has 0 atom stereocenters. The van der Waals surface area contributed by atoms with E-state index in [9.17, 15) is 14.0 Å². The number of para-hydroxylation sites is 1. The molecule has 0 saturated carbocycles.